The van der Waals surface area contributed by atoms with E-state index in [2.05, 4.69) is 51.8 Å². The maximum absolute atomic E-state index is 14.4. The fourth-order valence-corrected chi connectivity index (χ4v) is 6.77. The number of hydrogen-bond donors (Lipinski definition) is 12. The van der Waals surface area contributed by atoms with E-state index in [1.54, 1.807) is 43.5 Å². The Labute approximate surface area is 359 Å². The Morgan fingerprint density at radius 2 is 1.31 bits per heavy atom. The molecule has 0 radical (unpaired) electrons. The van der Waals surface area contributed by atoms with E-state index in [-0.39, 0.29) is 63.8 Å². The summed E-state index contributed by atoms with van der Waals surface area (Å²) in [6.45, 7) is 2.87. The SMILES string of the molecule is CC(=O)N[C@@H](CN)C(=O)N[C@@H](Cc1cnc[nH]1)C(=O)N[C@H](Cc1ccccc1)C(=O)N[C@@H](CCCN=C(N)N)C(=O)N[C@@H](Cc1c[nH]c2ccccc12)C(=O)N[C@H](C)CCCO. The molecule has 334 valence electrons. The highest BCUT2D eigenvalue weighted by Crippen LogP contribution is 2.20. The summed E-state index contributed by atoms with van der Waals surface area (Å²) in [5.74, 6) is -4.00. The number of H-pyrrole nitrogens is 2. The van der Waals surface area contributed by atoms with Gasteiger partial charge in [-0.2, -0.15) is 0 Å². The van der Waals surface area contributed by atoms with E-state index in [0.29, 0.717) is 24.1 Å². The normalized spacial score (nSPS) is 13.9. The van der Waals surface area contributed by atoms with E-state index in [1.807, 2.05) is 24.3 Å². The molecule has 0 spiro atoms. The average Bonchev–Trinajstić information content (AvgIpc) is 3.92. The summed E-state index contributed by atoms with van der Waals surface area (Å²) in [5.41, 5.74) is 19.6. The molecule has 0 aliphatic carbocycles. The highest BCUT2D eigenvalue weighted by atomic mass is 16.3. The molecular formula is C42H59N13O7. The van der Waals surface area contributed by atoms with Gasteiger partial charge in [0, 0.05) is 80.9 Å². The quantitative estimate of drug-likeness (QED) is 0.0210. The van der Waals surface area contributed by atoms with Crippen LogP contribution in [0.25, 0.3) is 10.9 Å². The first kappa shape index (κ1) is 47.9. The molecule has 0 saturated carbocycles. The third-order valence-corrected chi connectivity index (χ3v) is 9.95. The van der Waals surface area contributed by atoms with Crippen molar-refractivity contribution in [2.45, 2.75) is 95.0 Å². The van der Waals surface area contributed by atoms with Gasteiger partial charge in [0.1, 0.15) is 30.2 Å². The third kappa shape index (κ3) is 15.3. The number of aromatic nitrogens is 3. The number of aliphatic hydroxyl groups excluding tert-OH is 1. The van der Waals surface area contributed by atoms with E-state index in [0.717, 1.165) is 16.5 Å². The van der Waals surface area contributed by atoms with Crippen LogP contribution in [0.2, 0.25) is 0 Å². The molecule has 15 N–H and O–H groups in total. The summed E-state index contributed by atoms with van der Waals surface area (Å²) in [4.78, 5) is 95.8. The Morgan fingerprint density at radius 3 is 1.94 bits per heavy atom. The number of nitrogens with two attached hydrogens (primary N) is 3. The van der Waals surface area contributed by atoms with Crippen LogP contribution < -0.4 is 49.1 Å². The number of aliphatic hydroxyl groups is 1. The zero-order valence-electron chi connectivity index (χ0n) is 35.0. The summed E-state index contributed by atoms with van der Waals surface area (Å²) >= 11 is 0. The lowest BCUT2D eigenvalue weighted by atomic mass is 10.0. The lowest BCUT2D eigenvalue weighted by molar-refractivity contribution is -0.135. The van der Waals surface area contributed by atoms with E-state index in [9.17, 15) is 33.9 Å². The van der Waals surface area contributed by atoms with Gasteiger partial charge in [-0.1, -0.05) is 48.5 Å². The number of hydrogen-bond acceptors (Lipinski definition) is 10. The van der Waals surface area contributed by atoms with Crippen LogP contribution in [0, 0.1) is 0 Å². The molecule has 0 saturated heterocycles. The third-order valence-electron chi connectivity index (χ3n) is 9.95. The van der Waals surface area contributed by atoms with Crippen LogP contribution in [0.4, 0.5) is 0 Å². The van der Waals surface area contributed by atoms with Crippen LogP contribution in [-0.2, 0) is 48.0 Å². The lowest BCUT2D eigenvalue weighted by Gasteiger charge is -2.27. The fraction of sp³-hybridized carbons (Fsp3) is 0.429. The summed E-state index contributed by atoms with van der Waals surface area (Å²) in [5, 5.41) is 26.7. The van der Waals surface area contributed by atoms with Crippen molar-refractivity contribution < 1.29 is 33.9 Å². The monoisotopic (exact) mass is 857 g/mol. The number of benzene rings is 2. The first-order valence-electron chi connectivity index (χ1n) is 20.5. The zero-order chi connectivity index (χ0) is 45.0. The molecule has 0 fully saturated rings. The largest absolute Gasteiger partial charge is 0.396 e. The first-order chi connectivity index (χ1) is 29.8. The van der Waals surface area contributed by atoms with Crippen LogP contribution in [0.5, 0.6) is 0 Å². The minimum absolute atomic E-state index is 0.0138. The molecule has 6 amide bonds. The van der Waals surface area contributed by atoms with E-state index >= 15 is 0 Å². The lowest BCUT2D eigenvalue weighted by Crippen LogP contribution is -2.60. The zero-order valence-corrected chi connectivity index (χ0v) is 35.0. The predicted octanol–water partition coefficient (Wildman–Crippen LogP) is -1.35. The summed E-state index contributed by atoms with van der Waals surface area (Å²) in [6.07, 6.45) is 5.93. The molecule has 0 aliphatic heterocycles. The van der Waals surface area contributed by atoms with Gasteiger partial charge in [0.25, 0.3) is 0 Å². The number of para-hydroxylation sites is 1. The number of carbonyl (C=O) groups excluding carboxylic acids is 6. The van der Waals surface area contributed by atoms with Gasteiger partial charge in [0.05, 0.1) is 6.33 Å². The standard InChI is InChI=1S/C42H59N13O7/c1-25(10-9-17-56)50-38(59)34(19-28-22-48-31-14-7-6-13-30(28)31)54-37(58)32(15-8-16-47-42(44)45)52-39(60)33(18-27-11-4-3-5-12-27)53-40(61)35(20-29-23-46-24-49-29)55-41(62)36(21-43)51-26(2)57/h3-7,11-14,22-25,32-36,48,56H,8-10,15-21,43H2,1-2H3,(H,46,49)(H,50,59)(H,51,57)(H,52,60)(H,53,61)(H,54,58)(H,55,62)(H4,44,45,47)/t25-,32+,33-,34+,35+,36+/m1/s1. The topological polar surface area (TPSA) is 330 Å². The Balaban J connectivity index is 1.63. The molecular weight excluding hydrogens is 799 g/mol. The molecule has 2 heterocycles. The van der Waals surface area contributed by atoms with Gasteiger partial charge >= 0.3 is 0 Å². The van der Waals surface area contributed by atoms with Crippen molar-refractivity contribution in [3.63, 3.8) is 0 Å². The van der Waals surface area contributed by atoms with Crippen molar-refractivity contribution in [3.8, 4) is 0 Å². The highest BCUT2D eigenvalue weighted by Gasteiger charge is 2.33. The van der Waals surface area contributed by atoms with Gasteiger partial charge in [-0.25, -0.2) is 4.98 Å². The Kier molecular flexibility index (Phi) is 18.9. The van der Waals surface area contributed by atoms with Gasteiger partial charge in [-0.3, -0.25) is 33.8 Å². The predicted molar refractivity (Wildman–Crippen MR) is 233 cm³/mol. The molecule has 4 aromatic rings. The second-order valence-corrected chi connectivity index (χ2v) is 15.0. The van der Waals surface area contributed by atoms with Crippen molar-refractivity contribution in [3.05, 3.63) is 90.1 Å². The summed E-state index contributed by atoms with van der Waals surface area (Å²) < 4.78 is 0. The number of imidazole rings is 1. The van der Waals surface area contributed by atoms with Crippen LogP contribution >= 0.6 is 0 Å². The maximum atomic E-state index is 14.4. The minimum Gasteiger partial charge on any atom is -0.396 e. The highest BCUT2D eigenvalue weighted by molar-refractivity contribution is 5.97. The van der Waals surface area contributed by atoms with Gasteiger partial charge in [-0.15, -0.1) is 0 Å². The van der Waals surface area contributed by atoms with Crippen LogP contribution in [0.3, 0.4) is 0 Å². The Morgan fingerprint density at radius 1 is 0.710 bits per heavy atom. The molecule has 62 heavy (non-hydrogen) atoms. The van der Waals surface area contributed by atoms with Crippen molar-refractivity contribution in [1.82, 2.24) is 46.9 Å². The van der Waals surface area contributed by atoms with E-state index in [4.69, 9.17) is 17.2 Å². The van der Waals surface area contributed by atoms with Crippen molar-refractivity contribution in [1.29, 1.82) is 0 Å². The van der Waals surface area contributed by atoms with E-state index in [1.165, 1.54) is 19.4 Å². The number of guanidine groups is 1. The number of rotatable bonds is 25. The smallest absolute Gasteiger partial charge is 0.244 e. The molecule has 0 bridgehead atoms. The molecule has 2 aromatic heterocycles. The van der Waals surface area contributed by atoms with Gasteiger partial charge in [-0.05, 0) is 49.8 Å². The van der Waals surface area contributed by atoms with Crippen molar-refractivity contribution in [2.24, 2.45) is 22.2 Å². The number of amides is 6. The number of aliphatic imine (C=N–C) groups is 1. The summed E-state index contributed by atoms with van der Waals surface area (Å²) in [6, 6.07) is 10.1. The Bertz CT molecular complexity index is 2110. The number of nitrogens with one attached hydrogen (secondary N) is 8. The summed E-state index contributed by atoms with van der Waals surface area (Å²) in [7, 11) is 0. The molecule has 0 unspecified atom stereocenters. The first-order valence-corrected chi connectivity index (χ1v) is 20.5. The van der Waals surface area contributed by atoms with Crippen molar-refractivity contribution in [2.75, 3.05) is 19.7 Å². The molecule has 4 rings (SSSR count). The molecule has 20 heteroatoms. The van der Waals surface area contributed by atoms with Crippen LogP contribution in [0.15, 0.2) is 78.3 Å². The van der Waals surface area contributed by atoms with Gasteiger partial charge < -0.3 is 64.2 Å². The number of aromatic amines is 2. The Hall–Kier alpha value is -6.80. The second kappa shape index (κ2) is 24.5. The van der Waals surface area contributed by atoms with Gasteiger partial charge in [0.15, 0.2) is 5.96 Å². The maximum Gasteiger partial charge on any atom is 0.244 e. The number of nitrogens with zero attached hydrogens (tertiary/aromatic N) is 2. The minimum atomic E-state index is -1.28. The fourth-order valence-electron chi connectivity index (χ4n) is 6.77. The molecule has 6 atom stereocenters. The second-order valence-electron chi connectivity index (χ2n) is 15.0. The average molecular weight is 858 g/mol. The van der Waals surface area contributed by atoms with E-state index < -0.39 is 65.7 Å². The molecule has 0 aliphatic rings. The van der Waals surface area contributed by atoms with Crippen LogP contribution in [-0.4, -0.2) is 117 Å². The number of fused-ring (bicyclic) bond motifs is 1. The van der Waals surface area contributed by atoms with Crippen molar-refractivity contribution >= 4 is 52.3 Å². The van der Waals surface area contributed by atoms with Crippen LogP contribution in [0.1, 0.15) is 56.4 Å². The van der Waals surface area contributed by atoms with Gasteiger partial charge in [0.2, 0.25) is 35.4 Å². The molecule has 2 aromatic carbocycles. The molecule has 20 nitrogen and oxygen atoms in total. The number of carbonyl (C=O) groups is 6.